The van der Waals surface area contributed by atoms with Crippen LogP contribution in [-0.4, -0.2) is 36.3 Å². The quantitative estimate of drug-likeness (QED) is 0.786. The molecule has 106 valence electrons. The summed E-state index contributed by atoms with van der Waals surface area (Å²) in [6.45, 7) is 4.66. The molecule has 0 aliphatic heterocycles. The zero-order chi connectivity index (χ0) is 14.7. The smallest absolute Gasteiger partial charge is 0.255 e. The average molecular weight is 281 g/mol. The minimum atomic E-state index is 0.482. The third-order valence-corrected chi connectivity index (χ3v) is 2.82. The molecule has 1 N–H and O–H groups in total. The second-order valence-corrected chi connectivity index (χ2v) is 4.45. The average Bonchev–Trinajstić information content (AvgIpc) is 3.01. The molecular weight excluding hydrogens is 266 g/mol. The monoisotopic (exact) mass is 281 g/mol. The molecule has 0 bridgehead atoms. The summed E-state index contributed by atoms with van der Waals surface area (Å²) in [4.78, 5) is 17.5. The Morgan fingerprint density at radius 3 is 2.81 bits per heavy atom. The molecule has 0 saturated carbocycles. The number of rotatable bonds is 4. The molecule has 0 aromatic carbocycles. The van der Waals surface area contributed by atoms with Crippen LogP contribution in [0.1, 0.15) is 12.6 Å². The molecule has 0 aliphatic carbocycles. The standard InChI is InChI=1S/C14H15N7/c1-3-15-13-18-12(11-5-7-16-10(2)9-11)19-14(20-13)21-8-4-6-17-21/h4-9H,3H2,1-2H3,(H,15,18,19,20). The maximum Gasteiger partial charge on any atom is 0.255 e. The summed E-state index contributed by atoms with van der Waals surface area (Å²) in [6.07, 6.45) is 5.23. The molecule has 3 aromatic rings. The number of nitrogens with one attached hydrogen (secondary N) is 1. The van der Waals surface area contributed by atoms with Gasteiger partial charge in [0, 0.05) is 36.4 Å². The first-order chi connectivity index (χ1) is 10.3. The lowest BCUT2D eigenvalue weighted by Crippen LogP contribution is -2.10. The van der Waals surface area contributed by atoms with Crippen molar-refractivity contribution in [2.45, 2.75) is 13.8 Å². The van der Waals surface area contributed by atoms with Crippen molar-refractivity contribution in [3.8, 4) is 17.3 Å². The number of hydrogen-bond acceptors (Lipinski definition) is 6. The van der Waals surface area contributed by atoms with Gasteiger partial charge >= 0.3 is 0 Å². The molecule has 0 unspecified atom stereocenters. The number of anilines is 1. The van der Waals surface area contributed by atoms with Gasteiger partial charge in [-0.25, -0.2) is 4.68 Å². The summed E-state index contributed by atoms with van der Waals surface area (Å²) in [5, 5.41) is 7.28. The summed E-state index contributed by atoms with van der Waals surface area (Å²) in [5.41, 5.74) is 1.82. The molecule has 0 amide bonds. The van der Waals surface area contributed by atoms with Gasteiger partial charge in [-0.1, -0.05) is 0 Å². The van der Waals surface area contributed by atoms with Crippen molar-refractivity contribution in [3.05, 3.63) is 42.5 Å². The SMILES string of the molecule is CCNc1nc(-c2ccnc(C)c2)nc(-n2cccn2)n1. The van der Waals surface area contributed by atoms with E-state index in [0.717, 1.165) is 17.8 Å². The molecular formula is C14H15N7. The minimum Gasteiger partial charge on any atom is -0.354 e. The molecule has 0 spiro atoms. The Balaban J connectivity index is 2.11. The van der Waals surface area contributed by atoms with Gasteiger partial charge in [-0.05, 0) is 32.0 Å². The van der Waals surface area contributed by atoms with Gasteiger partial charge in [0.25, 0.3) is 5.95 Å². The molecule has 0 atom stereocenters. The summed E-state index contributed by atoms with van der Waals surface area (Å²) >= 11 is 0. The van der Waals surface area contributed by atoms with Gasteiger partial charge in [0.05, 0.1) is 0 Å². The Labute approximate surface area is 122 Å². The lowest BCUT2D eigenvalue weighted by Gasteiger charge is -2.08. The third kappa shape index (κ3) is 2.86. The normalized spacial score (nSPS) is 10.6. The Morgan fingerprint density at radius 1 is 1.19 bits per heavy atom. The highest BCUT2D eigenvalue weighted by atomic mass is 15.4. The molecule has 0 radical (unpaired) electrons. The van der Waals surface area contributed by atoms with E-state index in [2.05, 4.69) is 30.4 Å². The van der Waals surface area contributed by atoms with E-state index in [1.807, 2.05) is 32.0 Å². The van der Waals surface area contributed by atoms with Crippen molar-refractivity contribution in [1.29, 1.82) is 0 Å². The number of pyridine rings is 1. The van der Waals surface area contributed by atoms with E-state index in [9.17, 15) is 0 Å². The van der Waals surface area contributed by atoms with Crippen LogP contribution in [0, 0.1) is 6.92 Å². The number of hydrogen-bond donors (Lipinski definition) is 1. The highest BCUT2D eigenvalue weighted by Crippen LogP contribution is 2.17. The first-order valence-corrected chi connectivity index (χ1v) is 6.69. The topological polar surface area (TPSA) is 81.4 Å². The largest absolute Gasteiger partial charge is 0.354 e. The summed E-state index contributed by atoms with van der Waals surface area (Å²) < 4.78 is 1.61. The number of aromatic nitrogens is 6. The fourth-order valence-electron chi connectivity index (χ4n) is 1.91. The van der Waals surface area contributed by atoms with Crippen LogP contribution >= 0.6 is 0 Å². The van der Waals surface area contributed by atoms with E-state index >= 15 is 0 Å². The van der Waals surface area contributed by atoms with Gasteiger partial charge < -0.3 is 5.32 Å². The third-order valence-electron chi connectivity index (χ3n) is 2.82. The number of aryl methyl sites for hydroxylation is 1. The predicted octanol–water partition coefficient (Wildman–Crippen LogP) is 1.86. The van der Waals surface area contributed by atoms with E-state index in [-0.39, 0.29) is 0 Å². The van der Waals surface area contributed by atoms with Crippen molar-refractivity contribution in [1.82, 2.24) is 29.7 Å². The van der Waals surface area contributed by atoms with Crippen molar-refractivity contribution >= 4 is 5.95 Å². The summed E-state index contributed by atoms with van der Waals surface area (Å²) in [6, 6.07) is 5.65. The van der Waals surface area contributed by atoms with Crippen LogP contribution < -0.4 is 5.32 Å². The molecule has 3 rings (SSSR count). The molecule has 0 fully saturated rings. The fraction of sp³-hybridized carbons (Fsp3) is 0.214. The molecule has 7 nitrogen and oxygen atoms in total. The van der Waals surface area contributed by atoms with Crippen molar-refractivity contribution in [3.63, 3.8) is 0 Å². The molecule has 0 saturated heterocycles. The first-order valence-electron chi connectivity index (χ1n) is 6.69. The summed E-state index contributed by atoms with van der Waals surface area (Å²) in [7, 11) is 0. The highest BCUT2D eigenvalue weighted by molar-refractivity contribution is 5.56. The second-order valence-electron chi connectivity index (χ2n) is 4.45. The van der Waals surface area contributed by atoms with Crippen LogP contribution in [0.4, 0.5) is 5.95 Å². The zero-order valence-electron chi connectivity index (χ0n) is 11.9. The van der Waals surface area contributed by atoms with Gasteiger partial charge in [-0.3, -0.25) is 4.98 Å². The Morgan fingerprint density at radius 2 is 2.10 bits per heavy atom. The molecule has 7 heteroatoms. The van der Waals surface area contributed by atoms with Crippen molar-refractivity contribution < 1.29 is 0 Å². The van der Waals surface area contributed by atoms with E-state index in [1.54, 1.807) is 23.3 Å². The molecule has 21 heavy (non-hydrogen) atoms. The fourth-order valence-corrected chi connectivity index (χ4v) is 1.91. The van der Waals surface area contributed by atoms with Crippen molar-refractivity contribution in [2.24, 2.45) is 0 Å². The Bertz CT molecular complexity index is 737. The van der Waals surface area contributed by atoms with E-state index in [1.165, 1.54) is 0 Å². The van der Waals surface area contributed by atoms with Gasteiger partial charge in [0.15, 0.2) is 5.82 Å². The Kier molecular flexibility index (Phi) is 3.55. The van der Waals surface area contributed by atoms with E-state index in [4.69, 9.17) is 0 Å². The van der Waals surface area contributed by atoms with Crippen LogP contribution in [0.2, 0.25) is 0 Å². The predicted molar refractivity (Wildman–Crippen MR) is 79.1 cm³/mol. The van der Waals surface area contributed by atoms with Gasteiger partial charge in [0.1, 0.15) is 0 Å². The van der Waals surface area contributed by atoms with Gasteiger partial charge in [0.2, 0.25) is 5.95 Å². The van der Waals surface area contributed by atoms with E-state index < -0.39 is 0 Å². The van der Waals surface area contributed by atoms with Crippen LogP contribution in [0.3, 0.4) is 0 Å². The maximum absolute atomic E-state index is 4.48. The lowest BCUT2D eigenvalue weighted by atomic mass is 10.2. The lowest BCUT2D eigenvalue weighted by molar-refractivity contribution is 0.798. The second kappa shape index (κ2) is 5.66. The first kappa shape index (κ1) is 13.2. The van der Waals surface area contributed by atoms with Crippen LogP contribution in [-0.2, 0) is 0 Å². The Hall–Kier alpha value is -2.83. The zero-order valence-corrected chi connectivity index (χ0v) is 11.9. The minimum absolute atomic E-state index is 0.482. The van der Waals surface area contributed by atoms with Gasteiger partial charge in [-0.2, -0.15) is 20.1 Å². The highest BCUT2D eigenvalue weighted by Gasteiger charge is 2.10. The van der Waals surface area contributed by atoms with Crippen LogP contribution in [0.5, 0.6) is 0 Å². The molecule has 0 aliphatic rings. The van der Waals surface area contributed by atoms with Gasteiger partial charge in [-0.15, -0.1) is 0 Å². The van der Waals surface area contributed by atoms with E-state index in [0.29, 0.717) is 17.7 Å². The van der Waals surface area contributed by atoms with Crippen LogP contribution in [0.25, 0.3) is 17.3 Å². The van der Waals surface area contributed by atoms with Crippen LogP contribution in [0.15, 0.2) is 36.8 Å². The summed E-state index contributed by atoms with van der Waals surface area (Å²) in [5.74, 6) is 1.61. The number of nitrogens with zero attached hydrogens (tertiary/aromatic N) is 6. The molecule has 3 aromatic heterocycles. The maximum atomic E-state index is 4.48. The molecule has 3 heterocycles. The van der Waals surface area contributed by atoms with Crippen molar-refractivity contribution in [2.75, 3.05) is 11.9 Å².